The highest BCUT2D eigenvalue weighted by atomic mass is 19.1. The van der Waals surface area contributed by atoms with Gasteiger partial charge in [-0.3, -0.25) is 19.7 Å². The lowest BCUT2D eigenvalue weighted by atomic mass is 9.94. The second-order valence-corrected chi connectivity index (χ2v) is 15.0. The average Bonchev–Trinajstić information content (AvgIpc) is 3.20. The SMILES string of the molecule is COc1cc(N2CCC(C(=O)Nc3ccc(OC4CCN(CC5CCN(c6ccc(NC7CCC(=O)NC7=O)cc6F)CC5)CC4)cn3)CC2)ccc1C#N. The highest BCUT2D eigenvalue weighted by Crippen LogP contribution is 2.31. The number of carbonyl (C=O) groups is 3. The first-order chi connectivity index (χ1) is 26.7. The Bertz CT molecular complexity index is 1880. The molecule has 1 aromatic heterocycles. The number of likely N-dealkylation sites (tertiary alicyclic amines) is 1. The molecule has 0 saturated carbocycles. The van der Waals surface area contributed by atoms with Gasteiger partial charge < -0.3 is 34.8 Å². The summed E-state index contributed by atoms with van der Waals surface area (Å²) in [6, 6.07) is 15.8. The maximum absolute atomic E-state index is 15.2. The van der Waals surface area contributed by atoms with E-state index >= 15 is 4.39 Å². The van der Waals surface area contributed by atoms with E-state index in [1.54, 1.807) is 37.6 Å². The van der Waals surface area contributed by atoms with Gasteiger partial charge in [0.05, 0.1) is 24.6 Å². The second-order valence-electron chi connectivity index (χ2n) is 15.0. The molecule has 0 radical (unpaired) electrons. The molecule has 0 bridgehead atoms. The van der Waals surface area contributed by atoms with Crippen LogP contribution in [0.1, 0.15) is 56.9 Å². The monoisotopic (exact) mass is 752 g/mol. The predicted molar refractivity (Wildman–Crippen MR) is 207 cm³/mol. The number of nitrogens with one attached hydrogen (secondary N) is 3. The zero-order valence-corrected chi connectivity index (χ0v) is 31.3. The number of pyridine rings is 1. The number of nitrogens with zero attached hydrogens (tertiary/aromatic N) is 5. The van der Waals surface area contributed by atoms with E-state index in [1.165, 1.54) is 6.07 Å². The molecule has 0 spiro atoms. The summed E-state index contributed by atoms with van der Waals surface area (Å²) in [7, 11) is 1.56. The third kappa shape index (κ3) is 9.46. The van der Waals surface area contributed by atoms with Crippen LogP contribution in [-0.2, 0) is 14.4 Å². The van der Waals surface area contributed by atoms with Crippen molar-refractivity contribution in [2.24, 2.45) is 11.8 Å². The van der Waals surface area contributed by atoms with Gasteiger partial charge in [0.25, 0.3) is 0 Å². The summed E-state index contributed by atoms with van der Waals surface area (Å²) in [4.78, 5) is 47.8. The molecule has 3 amide bonds. The highest BCUT2D eigenvalue weighted by Gasteiger charge is 2.29. The van der Waals surface area contributed by atoms with Crippen LogP contribution in [0, 0.1) is 29.0 Å². The maximum Gasteiger partial charge on any atom is 0.249 e. The Morgan fingerprint density at radius 3 is 2.38 bits per heavy atom. The minimum absolute atomic E-state index is 0.0290. The molecular weight excluding hydrogens is 703 g/mol. The number of aromatic nitrogens is 1. The summed E-state index contributed by atoms with van der Waals surface area (Å²) in [6.45, 7) is 5.99. The summed E-state index contributed by atoms with van der Waals surface area (Å²) in [5.41, 5.74) is 2.59. The van der Waals surface area contributed by atoms with Gasteiger partial charge in [0.15, 0.2) is 0 Å². The highest BCUT2D eigenvalue weighted by molar-refractivity contribution is 6.01. The molecule has 14 heteroatoms. The summed E-state index contributed by atoms with van der Waals surface area (Å²) >= 11 is 0. The quantitative estimate of drug-likeness (QED) is 0.229. The van der Waals surface area contributed by atoms with Gasteiger partial charge in [-0.05, 0) is 93.3 Å². The minimum atomic E-state index is -0.546. The Balaban J connectivity index is 0.792. The number of nitriles is 1. The van der Waals surface area contributed by atoms with Crippen molar-refractivity contribution in [3.05, 3.63) is 66.1 Å². The Labute approximate surface area is 321 Å². The first kappa shape index (κ1) is 37.9. The third-order valence-corrected chi connectivity index (χ3v) is 11.4. The maximum atomic E-state index is 15.2. The number of anilines is 4. The number of amides is 3. The van der Waals surface area contributed by atoms with Crippen molar-refractivity contribution in [2.45, 2.75) is 63.5 Å². The average molecular weight is 753 g/mol. The van der Waals surface area contributed by atoms with Crippen molar-refractivity contribution in [1.29, 1.82) is 5.26 Å². The van der Waals surface area contributed by atoms with Crippen LogP contribution in [0.4, 0.5) is 27.3 Å². The molecule has 1 atom stereocenters. The number of halogens is 1. The van der Waals surface area contributed by atoms with Crippen molar-refractivity contribution in [2.75, 3.05) is 73.4 Å². The van der Waals surface area contributed by atoms with E-state index in [0.29, 0.717) is 46.6 Å². The second kappa shape index (κ2) is 17.4. The third-order valence-electron chi connectivity index (χ3n) is 11.4. The fraction of sp³-hybridized carbons (Fsp3) is 0.488. The van der Waals surface area contributed by atoms with Gasteiger partial charge in [-0.25, -0.2) is 9.37 Å². The van der Waals surface area contributed by atoms with E-state index < -0.39 is 6.04 Å². The lowest BCUT2D eigenvalue weighted by Gasteiger charge is -2.38. The van der Waals surface area contributed by atoms with Crippen molar-refractivity contribution >= 4 is 40.6 Å². The molecule has 4 aliphatic rings. The first-order valence-corrected chi connectivity index (χ1v) is 19.4. The summed E-state index contributed by atoms with van der Waals surface area (Å²) < 4.78 is 26.8. The summed E-state index contributed by atoms with van der Waals surface area (Å²) in [5, 5.41) is 17.6. The molecule has 3 aromatic rings. The Morgan fingerprint density at radius 1 is 0.945 bits per heavy atom. The Morgan fingerprint density at radius 2 is 1.71 bits per heavy atom. The van der Waals surface area contributed by atoms with Crippen LogP contribution in [0.5, 0.6) is 11.5 Å². The molecule has 290 valence electrons. The molecule has 4 saturated heterocycles. The lowest BCUT2D eigenvalue weighted by Crippen LogP contribution is -2.47. The van der Waals surface area contributed by atoms with Crippen molar-refractivity contribution < 1.29 is 28.2 Å². The van der Waals surface area contributed by atoms with Crippen LogP contribution in [0.3, 0.4) is 0 Å². The number of piperidine rings is 4. The van der Waals surface area contributed by atoms with Gasteiger partial charge in [0.2, 0.25) is 17.7 Å². The van der Waals surface area contributed by atoms with Gasteiger partial charge in [-0.15, -0.1) is 0 Å². The first-order valence-electron chi connectivity index (χ1n) is 19.4. The van der Waals surface area contributed by atoms with Crippen LogP contribution >= 0.6 is 0 Å². The Hall–Kier alpha value is -5.42. The van der Waals surface area contributed by atoms with Crippen LogP contribution in [0.15, 0.2) is 54.7 Å². The van der Waals surface area contributed by atoms with Crippen LogP contribution in [0.25, 0.3) is 0 Å². The van der Waals surface area contributed by atoms with Gasteiger partial charge in [-0.1, -0.05) is 0 Å². The van der Waals surface area contributed by atoms with E-state index in [2.05, 4.69) is 41.7 Å². The number of carbonyl (C=O) groups excluding carboxylic acids is 3. The number of methoxy groups -OCH3 is 1. The van der Waals surface area contributed by atoms with Gasteiger partial charge >= 0.3 is 0 Å². The molecule has 4 fully saturated rings. The molecule has 7 rings (SSSR count). The Kier molecular flexibility index (Phi) is 12.0. The lowest BCUT2D eigenvalue weighted by molar-refractivity contribution is -0.133. The van der Waals surface area contributed by atoms with Crippen LogP contribution < -0.4 is 35.2 Å². The standard InChI is InChI=1S/C41H49FN8O5/c1-54-37-23-31(4-2-29(37)24-43)49-20-12-28(13-21-49)40(52)46-38-8-5-33(25-44-38)55-32-14-16-48(17-15-32)26-27-10-18-50(19-11-27)36-7-3-30(22-34(36)42)45-35-6-9-39(51)47-41(35)53/h2-5,7-8,22-23,25,27-28,32,35,45H,6,9-21,26H2,1H3,(H,44,46,52)(H,47,51,53). The zero-order chi connectivity index (χ0) is 38.3. The molecule has 13 nitrogen and oxygen atoms in total. The van der Waals surface area contributed by atoms with Gasteiger partial charge in [0, 0.05) is 75.6 Å². The molecule has 2 aromatic carbocycles. The van der Waals surface area contributed by atoms with E-state index in [1.807, 2.05) is 18.2 Å². The van der Waals surface area contributed by atoms with Crippen molar-refractivity contribution in [3.8, 4) is 17.6 Å². The van der Waals surface area contributed by atoms with Crippen molar-refractivity contribution in [3.63, 3.8) is 0 Å². The molecule has 0 aliphatic carbocycles. The van der Waals surface area contributed by atoms with E-state index in [9.17, 15) is 19.6 Å². The zero-order valence-electron chi connectivity index (χ0n) is 31.3. The number of hydrogen-bond donors (Lipinski definition) is 3. The predicted octanol–water partition coefficient (Wildman–Crippen LogP) is 4.93. The molecular formula is C41H49FN8O5. The fourth-order valence-electron chi connectivity index (χ4n) is 8.13. The van der Waals surface area contributed by atoms with Crippen LogP contribution in [0.2, 0.25) is 0 Å². The molecule has 5 heterocycles. The minimum Gasteiger partial charge on any atom is -0.495 e. The summed E-state index contributed by atoms with van der Waals surface area (Å²) in [5.74, 6) is 1.21. The topological polar surface area (TPSA) is 152 Å². The van der Waals surface area contributed by atoms with E-state index in [4.69, 9.17) is 9.47 Å². The molecule has 55 heavy (non-hydrogen) atoms. The number of ether oxygens (including phenoxy) is 2. The van der Waals surface area contributed by atoms with Gasteiger partial charge in [0.1, 0.15) is 41.3 Å². The normalized spacial score (nSPS) is 20.4. The number of imide groups is 1. The van der Waals surface area contributed by atoms with E-state index in [0.717, 1.165) is 90.0 Å². The smallest absolute Gasteiger partial charge is 0.249 e. The molecule has 4 aliphatic heterocycles. The largest absolute Gasteiger partial charge is 0.495 e. The van der Waals surface area contributed by atoms with Crippen LogP contribution in [-0.4, -0.2) is 92.7 Å². The summed E-state index contributed by atoms with van der Waals surface area (Å²) in [6.07, 6.45) is 7.73. The number of hydrogen-bond acceptors (Lipinski definition) is 11. The fourth-order valence-corrected chi connectivity index (χ4v) is 8.13. The number of rotatable bonds is 11. The van der Waals surface area contributed by atoms with Crippen molar-refractivity contribution in [1.82, 2.24) is 15.2 Å². The van der Waals surface area contributed by atoms with Gasteiger partial charge in [-0.2, -0.15) is 5.26 Å². The molecule has 3 N–H and O–H groups in total. The van der Waals surface area contributed by atoms with E-state index in [-0.39, 0.29) is 42.0 Å². The molecule has 1 unspecified atom stereocenters. The number of benzene rings is 2.